The van der Waals surface area contributed by atoms with E-state index in [-0.39, 0.29) is 41.1 Å². The van der Waals surface area contributed by atoms with Gasteiger partial charge in [-0.25, -0.2) is 13.5 Å². The van der Waals surface area contributed by atoms with Crippen molar-refractivity contribution in [3.8, 4) is 28.7 Å². The molecule has 0 aromatic heterocycles. The van der Waals surface area contributed by atoms with Gasteiger partial charge in [0.25, 0.3) is 0 Å². The summed E-state index contributed by atoms with van der Waals surface area (Å²) in [6.45, 7) is -0.707. The van der Waals surface area contributed by atoms with Gasteiger partial charge in [-0.15, -0.1) is 13.2 Å². The molecule has 0 aliphatic carbocycles. The number of fused-ring (bicyclic) bond motifs is 1. The molecule has 1 N–H and O–H groups in total. The standard InChI is InChI=1S/C24H20F3NO8S/c25-24(26,27)36-19-7-5-17(6-8-19)35-18-9-11-20(12-10-18)37(31,32)15-23(28(30)16-29)13-33-21-3-1-2-4-22(21)34-14-23/h1-12,16,30H,13-15H2. The van der Waals surface area contributed by atoms with Crippen molar-refractivity contribution in [1.82, 2.24) is 5.06 Å². The van der Waals surface area contributed by atoms with Crippen molar-refractivity contribution < 1.29 is 50.5 Å². The first-order chi connectivity index (χ1) is 17.5. The number of carbonyl (C=O) groups is 1. The third kappa shape index (κ3) is 6.24. The molecule has 4 rings (SSSR count). The Bertz CT molecular complexity index is 1320. The number of benzene rings is 3. The number of hydroxylamine groups is 2. The lowest BCUT2D eigenvalue weighted by Crippen LogP contribution is -2.58. The van der Waals surface area contributed by atoms with Gasteiger partial charge in [-0.2, -0.15) is 0 Å². The van der Waals surface area contributed by atoms with Gasteiger partial charge < -0.3 is 18.9 Å². The van der Waals surface area contributed by atoms with Crippen LogP contribution >= 0.6 is 0 Å². The summed E-state index contributed by atoms with van der Waals surface area (Å²) in [5.74, 6) is -0.0618. The molecule has 0 unspecified atom stereocenters. The summed E-state index contributed by atoms with van der Waals surface area (Å²) in [7, 11) is -4.09. The summed E-state index contributed by atoms with van der Waals surface area (Å²) < 4.78 is 84.0. The maximum Gasteiger partial charge on any atom is 0.573 e. The molecule has 3 aromatic carbocycles. The summed E-state index contributed by atoms with van der Waals surface area (Å²) >= 11 is 0. The fourth-order valence-corrected chi connectivity index (χ4v) is 5.27. The summed E-state index contributed by atoms with van der Waals surface area (Å²) in [5, 5.41) is 10.5. The SMILES string of the molecule is O=CN(O)C1(CS(=O)(=O)c2ccc(Oc3ccc(OC(F)(F)F)cc3)cc2)COc2ccccc2OC1. The zero-order valence-electron chi connectivity index (χ0n) is 18.9. The van der Waals surface area contributed by atoms with E-state index in [1.54, 1.807) is 24.3 Å². The van der Waals surface area contributed by atoms with Crippen LogP contribution in [0.2, 0.25) is 0 Å². The van der Waals surface area contributed by atoms with Crippen LogP contribution in [0, 0.1) is 0 Å². The topological polar surface area (TPSA) is 112 Å². The number of sulfone groups is 1. The first kappa shape index (κ1) is 26.1. The van der Waals surface area contributed by atoms with Gasteiger partial charge in [0, 0.05) is 0 Å². The zero-order valence-corrected chi connectivity index (χ0v) is 19.7. The Morgan fingerprint density at radius 2 is 1.38 bits per heavy atom. The van der Waals surface area contributed by atoms with E-state index >= 15 is 0 Å². The Kier molecular flexibility index (Phi) is 7.18. The Labute approximate surface area is 209 Å². The number of nitrogens with zero attached hydrogens (tertiary/aromatic N) is 1. The smallest absolute Gasteiger partial charge is 0.487 e. The van der Waals surface area contributed by atoms with Crippen LogP contribution < -0.4 is 18.9 Å². The molecule has 9 nitrogen and oxygen atoms in total. The molecule has 1 heterocycles. The fourth-order valence-electron chi connectivity index (χ4n) is 3.55. The van der Waals surface area contributed by atoms with E-state index in [2.05, 4.69) is 4.74 Å². The number of para-hydroxylation sites is 2. The van der Waals surface area contributed by atoms with Crippen molar-refractivity contribution in [2.45, 2.75) is 16.8 Å². The molecule has 196 valence electrons. The summed E-state index contributed by atoms with van der Waals surface area (Å²) in [6.07, 6.45) is -4.74. The highest BCUT2D eigenvalue weighted by Crippen LogP contribution is 2.34. The lowest BCUT2D eigenvalue weighted by Gasteiger charge is -2.34. The molecule has 0 atom stereocenters. The van der Waals surface area contributed by atoms with Crippen LogP contribution in [0.3, 0.4) is 0 Å². The number of hydrogen-bond acceptors (Lipinski definition) is 8. The summed E-state index contributed by atoms with van der Waals surface area (Å²) in [5.41, 5.74) is -1.74. The molecule has 13 heteroatoms. The summed E-state index contributed by atoms with van der Waals surface area (Å²) in [6, 6.07) is 16.5. The second kappa shape index (κ2) is 10.2. The molecule has 3 aromatic rings. The van der Waals surface area contributed by atoms with E-state index < -0.39 is 33.2 Å². The number of alkyl halides is 3. The van der Waals surface area contributed by atoms with Crippen molar-refractivity contribution in [2.24, 2.45) is 0 Å². The van der Waals surface area contributed by atoms with Crippen LogP contribution in [0.25, 0.3) is 0 Å². The van der Waals surface area contributed by atoms with E-state index in [9.17, 15) is 31.6 Å². The minimum absolute atomic E-state index is 0.0835. The fraction of sp³-hybridized carbons (Fsp3) is 0.208. The van der Waals surface area contributed by atoms with Gasteiger partial charge >= 0.3 is 6.36 Å². The molecule has 0 spiro atoms. The van der Waals surface area contributed by atoms with Crippen LogP contribution in [-0.4, -0.2) is 56.0 Å². The van der Waals surface area contributed by atoms with Crippen molar-refractivity contribution in [1.29, 1.82) is 0 Å². The molecule has 0 saturated heterocycles. The van der Waals surface area contributed by atoms with Crippen LogP contribution in [0.5, 0.6) is 28.7 Å². The maximum atomic E-state index is 13.2. The average Bonchev–Trinajstić information content (AvgIpc) is 3.04. The highest BCUT2D eigenvalue weighted by molar-refractivity contribution is 7.91. The maximum absolute atomic E-state index is 13.2. The van der Waals surface area contributed by atoms with Gasteiger partial charge in [0.1, 0.15) is 30.5 Å². The van der Waals surface area contributed by atoms with E-state index in [1.807, 2.05) is 0 Å². The molecular formula is C24H20F3NO8S. The predicted molar refractivity (Wildman–Crippen MR) is 122 cm³/mol. The number of hydrogen-bond donors (Lipinski definition) is 1. The van der Waals surface area contributed by atoms with Gasteiger partial charge in [-0.3, -0.25) is 10.0 Å². The van der Waals surface area contributed by atoms with Crippen molar-refractivity contribution >= 4 is 16.2 Å². The Morgan fingerprint density at radius 1 is 0.892 bits per heavy atom. The van der Waals surface area contributed by atoms with Crippen LogP contribution in [0.4, 0.5) is 13.2 Å². The second-order valence-corrected chi connectivity index (χ2v) is 10.0. The molecule has 0 saturated carbocycles. The van der Waals surface area contributed by atoms with Gasteiger partial charge in [-0.05, 0) is 60.7 Å². The van der Waals surface area contributed by atoms with Gasteiger partial charge in [0.2, 0.25) is 6.41 Å². The molecule has 1 aliphatic heterocycles. The van der Waals surface area contributed by atoms with E-state index in [0.29, 0.717) is 11.5 Å². The van der Waals surface area contributed by atoms with Gasteiger partial charge in [0.05, 0.1) is 10.6 Å². The molecule has 0 bridgehead atoms. The normalized spacial score (nSPS) is 14.8. The lowest BCUT2D eigenvalue weighted by atomic mass is 10.1. The number of rotatable bonds is 8. The Balaban J connectivity index is 1.49. The minimum Gasteiger partial charge on any atom is -0.487 e. The van der Waals surface area contributed by atoms with E-state index in [4.69, 9.17) is 14.2 Å². The number of amides is 1. The average molecular weight is 539 g/mol. The van der Waals surface area contributed by atoms with E-state index in [1.165, 1.54) is 36.4 Å². The third-order valence-electron chi connectivity index (χ3n) is 5.36. The van der Waals surface area contributed by atoms with Crippen molar-refractivity contribution in [2.75, 3.05) is 19.0 Å². The predicted octanol–water partition coefficient (Wildman–Crippen LogP) is 4.21. The highest BCUT2D eigenvalue weighted by atomic mass is 32.2. The molecule has 37 heavy (non-hydrogen) atoms. The number of halogens is 3. The highest BCUT2D eigenvalue weighted by Gasteiger charge is 2.45. The Morgan fingerprint density at radius 3 is 1.86 bits per heavy atom. The number of carbonyl (C=O) groups excluding carboxylic acids is 1. The molecule has 1 amide bonds. The van der Waals surface area contributed by atoms with Crippen molar-refractivity contribution in [3.05, 3.63) is 72.8 Å². The van der Waals surface area contributed by atoms with Crippen molar-refractivity contribution in [3.63, 3.8) is 0 Å². The minimum atomic E-state index is -4.82. The molecular weight excluding hydrogens is 519 g/mol. The molecule has 1 aliphatic rings. The van der Waals surface area contributed by atoms with Crippen LogP contribution in [0.15, 0.2) is 77.7 Å². The Hall–Kier alpha value is -3.97. The van der Waals surface area contributed by atoms with Gasteiger partial charge in [0.15, 0.2) is 26.9 Å². The first-order valence-corrected chi connectivity index (χ1v) is 12.3. The summed E-state index contributed by atoms with van der Waals surface area (Å²) in [4.78, 5) is 11.3. The third-order valence-corrected chi connectivity index (χ3v) is 7.27. The first-order valence-electron chi connectivity index (χ1n) is 10.6. The van der Waals surface area contributed by atoms with E-state index in [0.717, 1.165) is 12.1 Å². The quantitative estimate of drug-likeness (QED) is 0.258. The van der Waals surface area contributed by atoms with Crippen LogP contribution in [0.1, 0.15) is 0 Å². The second-order valence-electron chi connectivity index (χ2n) is 8.05. The molecule has 0 radical (unpaired) electrons. The zero-order chi connectivity index (χ0) is 26.7. The largest absolute Gasteiger partial charge is 0.573 e. The van der Waals surface area contributed by atoms with Gasteiger partial charge in [-0.1, -0.05) is 12.1 Å². The number of ether oxygens (including phenoxy) is 4. The lowest BCUT2D eigenvalue weighted by molar-refractivity contribution is -0.274. The van der Waals surface area contributed by atoms with Crippen LogP contribution in [-0.2, 0) is 14.6 Å². The molecule has 0 fully saturated rings. The monoisotopic (exact) mass is 539 g/mol.